The molecular formula is C11H6N6O. The minimum absolute atomic E-state index is 0.340. The number of hydrogen-bond acceptors (Lipinski definition) is 6. The number of nitrogens with zero attached hydrogens (tertiary/aromatic N) is 5. The predicted octanol–water partition coefficient (Wildman–Crippen LogP) is 1.39. The number of hydrogen-bond donors (Lipinski definition) is 1. The van der Waals surface area contributed by atoms with Crippen molar-refractivity contribution in [1.29, 1.82) is 5.26 Å². The second-order valence-electron chi connectivity index (χ2n) is 3.45. The molecule has 0 fully saturated rings. The van der Waals surface area contributed by atoms with E-state index in [0.29, 0.717) is 23.1 Å². The number of rotatable bonds is 2. The van der Waals surface area contributed by atoms with E-state index >= 15 is 0 Å². The normalized spacial score (nSPS) is 10.2. The largest absolute Gasteiger partial charge is 0.334 e. The Morgan fingerprint density at radius 2 is 2.06 bits per heavy atom. The maximum atomic E-state index is 8.71. The predicted molar refractivity (Wildman–Crippen MR) is 59.8 cm³/mol. The molecule has 0 radical (unpaired) electrons. The molecule has 86 valence electrons. The van der Waals surface area contributed by atoms with Crippen molar-refractivity contribution in [2.24, 2.45) is 0 Å². The van der Waals surface area contributed by atoms with Gasteiger partial charge in [0.05, 0.1) is 11.6 Å². The lowest BCUT2D eigenvalue weighted by Crippen LogP contribution is -1.83. The van der Waals surface area contributed by atoms with Gasteiger partial charge >= 0.3 is 0 Å². The number of aromatic amines is 1. The molecule has 0 spiro atoms. The van der Waals surface area contributed by atoms with Crippen molar-refractivity contribution in [3.63, 3.8) is 0 Å². The van der Waals surface area contributed by atoms with Crippen molar-refractivity contribution in [3.05, 3.63) is 36.2 Å². The van der Waals surface area contributed by atoms with Crippen LogP contribution in [0.4, 0.5) is 0 Å². The Balaban J connectivity index is 1.95. The molecule has 0 unspecified atom stereocenters. The van der Waals surface area contributed by atoms with Gasteiger partial charge in [-0.1, -0.05) is 5.16 Å². The van der Waals surface area contributed by atoms with Crippen LogP contribution in [-0.2, 0) is 0 Å². The van der Waals surface area contributed by atoms with Gasteiger partial charge < -0.3 is 4.52 Å². The fourth-order valence-corrected chi connectivity index (χ4v) is 1.44. The maximum Gasteiger partial charge on any atom is 0.258 e. The minimum atomic E-state index is 0.340. The molecule has 0 saturated carbocycles. The zero-order chi connectivity index (χ0) is 12.4. The van der Waals surface area contributed by atoms with Gasteiger partial charge in [0, 0.05) is 5.56 Å². The summed E-state index contributed by atoms with van der Waals surface area (Å²) in [5, 5.41) is 18.9. The lowest BCUT2D eigenvalue weighted by atomic mass is 10.1. The Morgan fingerprint density at radius 3 is 2.72 bits per heavy atom. The number of nitriles is 1. The Labute approximate surface area is 101 Å². The summed E-state index contributed by atoms with van der Waals surface area (Å²) in [6.07, 6.45) is 1.37. The van der Waals surface area contributed by atoms with Gasteiger partial charge in [-0.25, -0.2) is 4.98 Å². The SMILES string of the molecule is N#Cc1ccc(-c2nc(-c3ncn[nH]3)no2)cc1. The van der Waals surface area contributed by atoms with E-state index in [1.54, 1.807) is 24.3 Å². The van der Waals surface area contributed by atoms with Crippen LogP contribution < -0.4 is 0 Å². The molecule has 0 bridgehead atoms. The third-order valence-electron chi connectivity index (χ3n) is 2.31. The molecule has 0 atom stereocenters. The van der Waals surface area contributed by atoms with Crippen molar-refractivity contribution in [2.45, 2.75) is 0 Å². The van der Waals surface area contributed by atoms with Crippen LogP contribution in [-0.4, -0.2) is 25.3 Å². The van der Waals surface area contributed by atoms with Crippen molar-refractivity contribution in [3.8, 4) is 29.2 Å². The summed E-state index contributed by atoms with van der Waals surface area (Å²) < 4.78 is 5.12. The zero-order valence-electron chi connectivity index (χ0n) is 9.03. The van der Waals surface area contributed by atoms with E-state index in [1.807, 2.05) is 6.07 Å². The van der Waals surface area contributed by atoms with Crippen LogP contribution in [0.3, 0.4) is 0 Å². The summed E-state index contributed by atoms with van der Waals surface area (Å²) in [6.45, 7) is 0. The highest BCUT2D eigenvalue weighted by Crippen LogP contribution is 2.20. The van der Waals surface area contributed by atoms with Crippen LogP contribution in [0.1, 0.15) is 5.56 Å². The van der Waals surface area contributed by atoms with E-state index in [2.05, 4.69) is 25.3 Å². The molecule has 7 heteroatoms. The quantitative estimate of drug-likeness (QED) is 0.723. The molecule has 7 nitrogen and oxygen atoms in total. The molecule has 2 aromatic heterocycles. The van der Waals surface area contributed by atoms with Gasteiger partial charge in [-0.3, -0.25) is 5.10 Å². The lowest BCUT2D eigenvalue weighted by Gasteiger charge is -1.92. The number of H-pyrrole nitrogens is 1. The van der Waals surface area contributed by atoms with Crippen LogP contribution in [0.2, 0.25) is 0 Å². The van der Waals surface area contributed by atoms with Crippen molar-refractivity contribution in [2.75, 3.05) is 0 Å². The molecule has 2 heterocycles. The van der Waals surface area contributed by atoms with Crippen LogP contribution in [0.25, 0.3) is 23.1 Å². The minimum Gasteiger partial charge on any atom is -0.334 e. The van der Waals surface area contributed by atoms with Crippen LogP contribution >= 0.6 is 0 Å². The molecule has 0 aliphatic carbocycles. The Morgan fingerprint density at radius 1 is 1.22 bits per heavy atom. The number of aromatic nitrogens is 5. The molecule has 0 amide bonds. The average Bonchev–Trinajstić information content (AvgIpc) is 3.09. The average molecular weight is 238 g/mol. The molecule has 0 saturated heterocycles. The van der Waals surface area contributed by atoms with Gasteiger partial charge in [-0.15, -0.1) is 0 Å². The van der Waals surface area contributed by atoms with Gasteiger partial charge in [-0.05, 0) is 24.3 Å². The van der Waals surface area contributed by atoms with Gasteiger partial charge in [0.25, 0.3) is 5.89 Å². The molecule has 3 rings (SSSR count). The third-order valence-corrected chi connectivity index (χ3v) is 2.31. The fourth-order valence-electron chi connectivity index (χ4n) is 1.44. The maximum absolute atomic E-state index is 8.71. The second kappa shape index (κ2) is 4.10. The first-order valence-corrected chi connectivity index (χ1v) is 5.07. The van der Waals surface area contributed by atoms with Crippen LogP contribution in [0.5, 0.6) is 0 Å². The molecule has 1 aromatic carbocycles. The molecule has 1 N–H and O–H groups in total. The van der Waals surface area contributed by atoms with E-state index < -0.39 is 0 Å². The van der Waals surface area contributed by atoms with Crippen molar-refractivity contribution >= 4 is 0 Å². The topological polar surface area (TPSA) is 104 Å². The van der Waals surface area contributed by atoms with E-state index in [-0.39, 0.29) is 0 Å². The van der Waals surface area contributed by atoms with Crippen LogP contribution in [0.15, 0.2) is 35.1 Å². The highest BCUT2D eigenvalue weighted by molar-refractivity contribution is 5.56. The molecule has 0 aliphatic heterocycles. The lowest BCUT2D eigenvalue weighted by molar-refractivity contribution is 0.432. The monoisotopic (exact) mass is 238 g/mol. The second-order valence-corrected chi connectivity index (χ2v) is 3.45. The van der Waals surface area contributed by atoms with Crippen LogP contribution in [0, 0.1) is 11.3 Å². The summed E-state index contributed by atoms with van der Waals surface area (Å²) in [6, 6.07) is 8.91. The molecule has 3 aromatic rings. The Bertz CT molecular complexity index is 692. The Kier molecular flexibility index (Phi) is 2.32. The van der Waals surface area contributed by atoms with E-state index in [0.717, 1.165) is 5.56 Å². The zero-order valence-corrected chi connectivity index (χ0v) is 9.03. The van der Waals surface area contributed by atoms with E-state index in [9.17, 15) is 0 Å². The van der Waals surface area contributed by atoms with E-state index in [4.69, 9.17) is 9.78 Å². The highest BCUT2D eigenvalue weighted by atomic mass is 16.5. The van der Waals surface area contributed by atoms with Gasteiger partial charge in [0.2, 0.25) is 5.82 Å². The summed E-state index contributed by atoms with van der Waals surface area (Å²) in [5.41, 5.74) is 1.32. The number of benzene rings is 1. The van der Waals surface area contributed by atoms with Gasteiger partial charge in [0.1, 0.15) is 6.33 Å². The smallest absolute Gasteiger partial charge is 0.258 e. The highest BCUT2D eigenvalue weighted by Gasteiger charge is 2.12. The summed E-state index contributed by atoms with van der Waals surface area (Å²) in [7, 11) is 0. The summed E-state index contributed by atoms with van der Waals surface area (Å²) in [4.78, 5) is 8.11. The summed E-state index contributed by atoms with van der Waals surface area (Å²) in [5.74, 6) is 1.15. The van der Waals surface area contributed by atoms with Gasteiger partial charge in [-0.2, -0.15) is 15.3 Å². The first-order chi connectivity index (χ1) is 8.86. The first kappa shape index (κ1) is 10.2. The summed E-state index contributed by atoms with van der Waals surface area (Å²) >= 11 is 0. The Hall–Kier alpha value is -3.01. The molecule has 18 heavy (non-hydrogen) atoms. The third kappa shape index (κ3) is 1.72. The molecular weight excluding hydrogens is 232 g/mol. The van der Waals surface area contributed by atoms with Crippen molar-refractivity contribution < 1.29 is 4.52 Å². The fraction of sp³-hybridized carbons (Fsp3) is 0. The van der Waals surface area contributed by atoms with E-state index in [1.165, 1.54) is 6.33 Å². The van der Waals surface area contributed by atoms with Crippen molar-refractivity contribution in [1.82, 2.24) is 25.3 Å². The first-order valence-electron chi connectivity index (χ1n) is 5.07. The van der Waals surface area contributed by atoms with Gasteiger partial charge in [0.15, 0.2) is 5.82 Å². The number of nitrogens with one attached hydrogen (secondary N) is 1. The standard InChI is InChI=1S/C11H6N6O/c12-5-7-1-3-8(4-2-7)11-15-10(17-18-11)9-13-6-14-16-9/h1-4,6H,(H,13,14,16). The molecule has 0 aliphatic rings.